The molecule has 1 N–H and O–H groups in total. The Balaban J connectivity index is 1.57. The summed E-state index contributed by atoms with van der Waals surface area (Å²) >= 11 is 0. The Morgan fingerprint density at radius 2 is 2.04 bits per heavy atom. The van der Waals surface area contributed by atoms with E-state index in [-0.39, 0.29) is 23.6 Å². The SMILES string of the molecule is CC(C)OCCCNC(=O)c1cn2c(n1)C(=O)N(Cc1ccccc1)CC2. The number of carbonyl (C=O) groups is 2. The molecule has 2 amide bonds. The molecule has 0 saturated carbocycles. The van der Waals surface area contributed by atoms with Crippen LogP contribution in [0.4, 0.5) is 0 Å². The van der Waals surface area contributed by atoms with Gasteiger partial charge in [0, 0.05) is 39.0 Å². The first-order valence-electron chi connectivity index (χ1n) is 9.35. The lowest BCUT2D eigenvalue weighted by molar-refractivity contribution is 0.0683. The standard InChI is InChI=1S/C20H26N4O3/c1-15(2)27-12-6-9-21-19(25)17-14-23-10-11-24(20(26)18(23)22-17)13-16-7-4-3-5-8-16/h3-5,7-8,14-15H,6,9-13H2,1-2H3,(H,21,25). The maximum absolute atomic E-state index is 12.7. The van der Waals surface area contributed by atoms with Crippen LogP contribution in [0.5, 0.6) is 0 Å². The Hall–Kier alpha value is -2.67. The quantitative estimate of drug-likeness (QED) is 0.722. The molecule has 0 saturated heterocycles. The second-order valence-electron chi connectivity index (χ2n) is 6.88. The number of ether oxygens (including phenoxy) is 1. The Morgan fingerprint density at radius 3 is 2.78 bits per heavy atom. The van der Waals surface area contributed by atoms with Crippen molar-refractivity contribution in [3.8, 4) is 0 Å². The number of fused-ring (bicyclic) bond motifs is 1. The van der Waals surface area contributed by atoms with Crippen LogP contribution in [-0.2, 0) is 17.8 Å². The van der Waals surface area contributed by atoms with Gasteiger partial charge in [0.2, 0.25) is 0 Å². The number of benzene rings is 1. The zero-order valence-electron chi connectivity index (χ0n) is 15.9. The molecule has 3 rings (SSSR count). The van der Waals surface area contributed by atoms with Crippen LogP contribution < -0.4 is 5.32 Å². The third-order valence-electron chi connectivity index (χ3n) is 4.37. The molecule has 0 fully saturated rings. The number of hydrogen-bond donors (Lipinski definition) is 1. The number of nitrogens with zero attached hydrogens (tertiary/aromatic N) is 3. The van der Waals surface area contributed by atoms with Crippen molar-refractivity contribution < 1.29 is 14.3 Å². The number of aromatic nitrogens is 2. The minimum Gasteiger partial charge on any atom is -0.379 e. The molecule has 7 heteroatoms. The van der Waals surface area contributed by atoms with Gasteiger partial charge in [-0.25, -0.2) is 4.98 Å². The number of amides is 2. The van der Waals surface area contributed by atoms with Gasteiger partial charge in [0.25, 0.3) is 11.8 Å². The van der Waals surface area contributed by atoms with Gasteiger partial charge in [-0.2, -0.15) is 0 Å². The van der Waals surface area contributed by atoms with Crippen molar-refractivity contribution in [1.29, 1.82) is 0 Å². The van der Waals surface area contributed by atoms with Crippen LogP contribution in [0.3, 0.4) is 0 Å². The van der Waals surface area contributed by atoms with Crippen molar-refractivity contribution in [3.63, 3.8) is 0 Å². The molecule has 0 atom stereocenters. The highest BCUT2D eigenvalue weighted by atomic mass is 16.5. The summed E-state index contributed by atoms with van der Waals surface area (Å²) in [4.78, 5) is 31.0. The Kier molecular flexibility index (Phi) is 6.24. The molecule has 2 aromatic rings. The fourth-order valence-electron chi connectivity index (χ4n) is 2.98. The van der Waals surface area contributed by atoms with E-state index >= 15 is 0 Å². The highest BCUT2D eigenvalue weighted by Crippen LogP contribution is 2.16. The maximum atomic E-state index is 12.7. The van der Waals surface area contributed by atoms with Gasteiger partial charge in [0.05, 0.1) is 6.10 Å². The Morgan fingerprint density at radius 1 is 1.26 bits per heavy atom. The lowest BCUT2D eigenvalue weighted by atomic mass is 10.2. The molecule has 27 heavy (non-hydrogen) atoms. The molecule has 0 aliphatic carbocycles. The van der Waals surface area contributed by atoms with Gasteiger partial charge in [-0.15, -0.1) is 0 Å². The molecule has 1 aromatic carbocycles. The first-order valence-corrected chi connectivity index (χ1v) is 9.35. The molecular weight excluding hydrogens is 344 g/mol. The van der Waals surface area contributed by atoms with Gasteiger partial charge in [0.1, 0.15) is 5.69 Å². The molecule has 2 heterocycles. The molecule has 0 unspecified atom stereocenters. The van der Waals surface area contributed by atoms with E-state index < -0.39 is 0 Å². The highest BCUT2D eigenvalue weighted by Gasteiger charge is 2.28. The van der Waals surface area contributed by atoms with Crippen LogP contribution in [0, 0.1) is 0 Å². The molecule has 0 bridgehead atoms. The zero-order chi connectivity index (χ0) is 19.2. The Labute approximate surface area is 159 Å². The fourth-order valence-corrected chi connectivity index (χ4v) is 2.98. The number of nitrogens with one attached hydrogen (secondary N) is 1. The van der Waals surface area contributed by atoms with Gasteiger partial charge < -0.3 is 19.5 Å². The molecule has 7 nitrogen and oxygen atoms in total. The van der Waals surface area contributed by atoms with Gasteiger partial charge in [-0.05, 0) is 25.8 Å². The van der Waals surface area contributed by atoms with Crippen LogP contribution in [-0.4, -0.2) is 52.1 Å². The molecule has 1 aliphatic rings. The zero-order valence-corrected chi connectivity index (χ0v) is 15.9. The van der Waals surface area contributed by atoms with E-state index in [2.05, 4.69) is 10.3 Å². The lowest BCUT2D eigenvalue weighted by Crippen LogP contribution is -2.39. The molecule has 0 spiro atoms. The van der Waals surface area contributed by atoms with Crippen LogP contribution >= 0.6 is 0 Å². The normalized spacial score (nSPS) is 13.7. The van der Waals surface area contributed by atoms with Crippen molar-refractivity contribution in [1.82, 2.24) is 19.8 Å². The van der Waals surface area contributed by atoms with E-state index in [0.717, 1.165) is 12.0 Å². The van der Waals surface area contributed by atoms with Crippen molar-refractivity contribution in [2.75, 3.05) is 19.7 Å². The third kappa shape index (κ3) is 4.95. The summed E-state index contributed by atoms with van der Waals surface area (Å²) < 4.78 is 7.21. The molecule has 1 aromatic heterocycles. The van der Waals surface area contributed by atoms with E-state index in [4.69, 9.17) is 4.74 Å². The average molecular weight is 370 g/mol. The topological polar surface area (TPSA) is 76.5 Å². The van der Waals surface area contributed by atoms with Crippen LogP contribution in [0.25, 0.3) is 0 Å². The van der Waals surface area contributed by atoms with E-state index in [1.807, 2.05) is 44.2 Å². The van der Waals surface area contributed by atoms with Crippen LogP contribution in [0.1, 0.15) is 46.9 Å². The summed E-state index contributed by atoms with van der Waals surface area (Å²) in [6.45, 7) is 6.86. The smallest absolute Gasteiger partial charge is 0.290 e. The molecule has 144 valence electrons. The average Bonchev–Trinajstić information content (AvgIpc) is 3.09. The third-order valence-corrected chi connectivity index (χ3v) is 4.37. The summed E-state index contributed by atoms with van der Waals surface area (Å²) in [6, 6.07) is 9.86. The molecule has 0 radical (unpaired) electrons. The summed E-state index contributed by atoms with van der Waals surface area (Å²) in [5.74, 6) is -0.0798. The maximum Gasteiger partial charge on any atom is 0.290 e. The van der Waals surface area contributed by atoms with E-state index in [1.54, 1.807) is 15.7 Å². The van der Waals surface area contributed by atoms with Gasteiger partial charge in [0.15, 0.2) is 5.82 Å². The van der Waals surface area contributed by atoms with Crippen LogP contribution in [0.15, 0.2) is 36.5 Å². The number of carbonyl (C=O) groups excluding carboxylic acids is 2. The first kappa shape index (κ1) is 19.1. The Bertz CT molecular complexity index is 786. The van der Waals surface area contributed by atoms with Crippen molar-refractivity contribution in [2.24, 2.45) is 0 Å². The number of hydrogen-bond acceptors (Lipinski definition) is 4. The number of rotatable bonds is 8. The second-order valence-corrected chi connectivity index (χ2v) is 6.88. The summed E-state index contributed by atoms with van der Waals surface area (Å²) in [5, 5.41) is 2.83. The molecular formula is C20H26N4O3. The minimum absolute atomic E-state index is 0.144. The molecule has 1 aliphatic heterocycles. The summed E-state index contributed by atoms with van der Waals surface area (Å²) in [5.41, 5.74) is 1.36. The van der Waals surface area contributed by atoms with Crippen LogP contribution in [0.2, 0.25) is 0 Å². The predicted molar refractivity (Wildman–Crippen MR) is 101 cm³/mol. The minimum atomic E-state index is -0.260. The van der Waals surface area contributed by atoms with Crippen molar-refractivity contribution in [2.45, 2.75) is 39.5 Å². The highest BCUT2D eigenvalue weighted by molar-refractivity contribution is 5.96. The van der Waals surface area contributed by atoms with Gasteiger partial charge in [-0.3, -0.25) is 9.59 Å². The fraction of sp³-hybridized carbons (Fsp3) is 0.450. The monoisotopic (exact) mass is 370 g/mol. The van der Waals surface area contributed by atoms with E-state index in [0.29, 0.717) is 38.6 Å². The van der Waals surface area contributed by atoms with E-state index in [1.165, 1.54) is 0 Å². The predicted octanol–water partition coefficient (Wildman–Crippen LogP) is 2.08. The number of imidazole rings is 1. The van der Waals surface area contributed by atoms with Crippen molar-refractivity contribution >= 4 is 11.8 Å². The summed E-state index contributed by atoms with van der Waals surface area (Å²) in [7, 11) is 0. The van der Waals surface area contributed by atoms with E-state index in [9.17, 15) is 9.59 Å². The van der Waals surface area contributed by atoms with Gasteiger partial charge in [-0.1, -0.05) is 30.3 Å². The second kappa shape index (κ2) is 8.81. The van der Waals surface area contributed by atoms with Gasteiger partial charge >= 0.3 is 0 Å². The largest absolute Gasteiger partial charge is 0.379 e. The summed E-state index contributed by atoms with van der Waals surface area (Å²) in [6.07, 6.45) is 2.58. The lowest BCUT2D eigenvalue weighted by Gasteiger charge is -2.27. The first-order chi connectivity index (χ1) is 13.0. The van der Waals surface area contributed by atoms with Crippen molar-refractivity contribution in [3.05, 3.63) is 53.6 Å².